The molecule has 0 spiro atoms. The zero-order valence-electron chi connectivity index (χ0n) is 18.3. The Balaban J connectivity index is 2.08. The van der Waals surface area contributed by atoms with Crippen LogP contribution in [0.3, 0.4) is 0 Å². The van der Waals surface area contributed by atoms with E-state index in [1.54, 1.807) is 0 Å². The summed E-state index contributed by atoms with van der Waals surface area (Å²) in [5.41, 5.74) is -0.0164. The number of hydrogen-bond acceptors (Lipinski definition) is 4. The van der Waals surface area contributed by atoms with Crippen molar-refractivity contribution in [1.29, 1.82) is 0 Å². The van der Waals surface area contributed by atoms with Crippen LogP contribution in [0.5, 0.6) is 0 Å². The summed E-state index contributed by atoms with van der Waals surface area (Å²) in [6.07, 6.45) is 1.60. The maximum absolute atomic E-state index is 13.0. The minimum Gasteiger partial charge on any atom is -0.444 e. The molecule has 29 heavy (non-hydrogen) atoms. The topological polar surface area (TPSA) is 67.9 Å². The van der Waals surface area contributed by atoms with E-state index in [1.807, 2.05) is 70.7 Å². The second-order valence-electron chi connectivity index (χ2n) is 9.40. The highest BCUT2D eigenvalue weighted by Gasteiger charge is 2.39. The van der Waals surface area contributed by atoms with Gasteiger partial charge in [0.05, 0.1) is 6.04 Å². The van der Waals surface area contributed by atoms with E-state index in [2.05, 4.69) is 21.2 Å². The van der Waals surface area contributed by atoms with Crippen molar-refractivity contribution < 1.29 is 19.1 Å². The summed E-state index contributed by atoms with van der Waals surface area (Å²) >= 11 is 3.46. The third kappa shape index (κ3) is 7.53. The zero-order valence-corrected chi connectivity index (χ0v) is 19.8. The first kappa shape index (κ1) is 23.5. The minimum absolute atomic E-state index is 0.00608. The summed E-state index contributed by atoms with van der Waals surface area (Å²) in [6, 6.07) is 8.00. The number of carbonyl (C=O) groups excluding carboxylic acids is 2. The number of likely N-dealkylation sites (tertiary alicyclic amines) is 1. The predicted octanol–water partition coefficient (Wildman–Crippen LogP) is 5.80. The van der Waals surface area contributed by atoms with E-state index in [9.17, 15) is 9.59 Å². The van der Waals surface area contributed by atoms with Crippen molar-refractivity contribution in [2.45, 2.75) is 84.1 Å². The molecule has 1 aromatic carbocycles. The van der Waals surface area contributed by atoms with Gasteiger partial charge >= 0.3 is 12.2 Å². The summed E-state index contributed by atoms with van der Waals surface area (Å²) in [5.74, 6) is 0. The highest BCUT2D eigenvalue weighted by Crippen LogP contribution is 2.38. The Morgan fingerprint density at radius 2 is 1.62 bits per heavy atom. The van der Waals surface area contributed by atoms with Gasteiger partial charge in [-0.15, -0.1) is 0 Å². The molecule has 2 rings (SSSR count). The van der Waals surface area contributed by atoms with Crippen LogP contribution in [-0.2, 0) is 9.47 Å². The van der Waals surface area contributed by atoms with Gasteiger partial charge in [-0.05, 0) is 78.5 Å². The molecule has 0 unspecified atom stereocenters. The van der Waals surface area contributed by atoms with Gasteiger partial charge in [0.1, 0.15) is 11.2 Å². The first-order valence-corrected chi connectivity index (χ1v) is 10.9. The maximum Gasteiger partial charge on any atom is 0.411 e. The number of amides is 2. The number of hydrogen-bond donors (Lipinski definition) is 1. The lowest BCUT2D eigenvalue weighted by atomic mass is 10.0. The summed E-state index contributed by atoms with van der Waals surface area (Å²) < 4.78 is 12.0. The number of rotatable bonds is 4. The Morgan fingerprint density at radius 3 is 2.17 bits per heavy atom. The summed E-state index contributed by atoms with van der Waals surface area (Å²) in [5, 5.41) is 2.79. The van der Waals surface area contributed by atoms with Crippen LogP contribution < -0.4 is 5.32 Å². The molecule has 0 bridgehead atoms. The number of nitrogens with zero attached hydrogens (tertiary/aromatic N) is 1. The normalized spacial score (nSPS) is 19.8. The number of benzene rings is 1. The third-order valence-corrected chi connectivity index (χ3v) is 5.04. The van der Waals surface area contributed by atoms with Gasteiger partial charge in [-0.1, -0.05) is 28.1 Å². The van der Waals surface area contributed by atoms with Gasteiger partial charge < -0.3 is 14.8 Å². The number of halogens is 1. The molecule has 2 atom stereocenters. The Bertz CT molecular complexity index is 707. The molecule has 0 radical (unpaired) electrons. The van der Waals surface area contributed by atoms with Crippen molar-refractivity contribution in [3.63, 3.8) is 0 Å². The molecule has 1 heterocycles. The Labute approximate surface area is 182 Å². The van der Waals surface area contributed by atoms with Crippen LogP contribution in [0.2, 0.25) is 0 Å². The van der Waals surface area contributed by atoms with Gasteiger partial charge in [-0.3, -0.25) is 4.90 Å². The Morgan fingerprint density at radius 1 is 1.03 bits per heavy atom. The van der Waals surface area contributed by atoms with Crippen molar-refractivity contribution >= 4 is 28.1 Å². The fourth-order valence-electron chi connectivity index (χ4n) is 3.42. The van der Waals surface area contributed by atoms with Crippen molar-refractivity contribution in [2.75, 3.05) is 6.54 Å². The van der Waals surface area contributed by atoms with Crippen molar-refractivity contribution in [3.8, 4) is 0 Å². The van der Waals surface area contributed by atoms with Crippen LogP contribution in [0, 0.1) is 0 Å². The molecule has 1 saturated heterocycles. The average Bonchev–Trinajstić information content (AvgIpc) is 2.96. The van der Waals surface area contributed by atoms with E-state index in [-0.39, 0.29) is 18.2 Å². The summed E-state index contributed by atoms with van der Waals surface area (Å²) in [7, 11) is 0. The number of ether oxygens (including phenoxy) is 2. The summed E-state index contributed by atoms with van der Waals surface area (Å²) in [4.78, 5) is 26.7. The lowest BCUT2D eigenvalue weighted by molar-refractivity contribution is 0.0136. The van der Waals surface area contributed by atoms with Crippen LogP contribution >= 0.6 is 15.9 Å². The zero-order chi connectivity index (χ0) is 21.8. The lowest BCUT2D eigenvalue weighted by Gasteiger charge is -2.33. The van der Waals surface area contributed by atoms with Gasteiger partial charge in [-0.2, -0.15) is 0 Å². The van der Waals surface area contributed by atoms with Crippen LogP contribution in [0.25, 0.3) is 0 Å². The molecule has 1 aliphatic heterocycles. The largest absolute Gasteiger partial charge is 0.444 e. The molecule has 0 aromatic heterocycles. The highest BCUT2D eigenvalue weighted by atomic mass is 79.9. The van der Waals surface area contributed by atoms with E-state index >= 15 is 0 Å². The molecule has 162 valence electrons. The predicted molar refractivity (Wildman–Crippen MR) is 117 cm³/mol. The average molecular weight is 469 g/mol. The van der Waals surface area contributed by atoms with Crippen LogP contribution in [0.4, 0.5) is 9.59 Å². The molecule has 0 aliphatic carbocycles. The van der Waals surface area contributed by atoms with Gasteiger partial charge in [0.15, 0.2) is 0 Å². The minimum atomic E-state index is -0.566. The monoisotopic (exact) mass is 468 g/mol. The molecule has 6 nitrogen and oxygen atoms in total. The SMILES string of the molecule is CC(C)(C)OC(=O)NCC[C@H]1CC[C@H](c2ccc(Br)cc2)N1C(=O)OC(C)(C)C. The third-order valence-electron chi connectivity index (χ3n) is 4.51. The van der Waals surface area contributed by atoms with E-state index in [0.29, 0.717) is 13.0 Å². The highest BCUT2D eigenvalue weighted by molar-refractivity contribution is 9.10. The molecule has 0 saturated carbocycles. The lowest BCUT2D eigenvalue weighted by Crippen LogP contribution is -2.42. The molecule has 1 fully saturated rings. The molecule has 2 amide bonds. The van der Waals surface area contributed by atoms with E-state index in [0.717, 1.165) is 22.9 Å². The Hall–Kier alpha value is -1.76. The van der Waals surface area contributed by atoms with E-state index in [1.165, 1.54) is 0 Å². The number of nitrogens with one attached hydrogen (secondary N) is 1. The smallest absolute Gasteiger partial charge is 0.411 e. The molecule has 1 aromatic rings. The second-order valence-corrected chi connectivity index (χ2v) is 10.3. The molecule has 7 heteroatoms. The van der Waals surface area contributed by atoms with Crippen molar-refractivity contribution in [1.82, 2.24) is 10.2 Å². The maximum atomic E-state index is 13.0. The fraction of sp³-hybridized carbons (Fsp3) is 0.636. The first-order valence-electron chi connectivity index (χ1n) is 10.1. The van der Waals surface area contributed by atoms with Gasteiger partial charge in [-0.25, -0.2) is 9.59 Å². The number of alkyl carbamates (subject to hydrolysis) is 1. The van der Waals surface area contributed by atoms with Gasteiger partial charge in [0, 0.05) is 17.1 Å². The van der Waals surface area contributed by atoms with Gasteiger partial charge in [0.25, 0.3) is 0 Å². The van der Waals surface area contributed by atoms with E-state index < -0.39 is 17.3 Å². The fourth-order valence-corrected chi connectivity index (χ4v) is 3.69. The van der Waals surface area contributed by atoms with Crippen molar-refractivity contribution in [2.24, 2.45) is 0 Å². The molecule has 1 N–H and O–H groups in total. The Kier molecular flexibility index (Phi) is 7.60. The van der Waals surface area contributed by atoms with Gasteiger partial charge in [0.2, 0.25) is 0 Å². The quantitative estimate of drug-likeness (QED) is 0.605. The van der Waals surface area contributed by atoms with E-state index in [4.69, 9.17) is 9.47 Å². The molecular formula is C22H33BrN2O4. The van der Waals surface area contributed by atoms with Crippen LogP contribution in [-0.4, -0.2) is 40.9 Å². The van der Waals surface area contributed by atoms with Crippen LogP contribution in [0.1, 0.15) is 72.4 Å². The standard InChI is InChI=1S/C22H33BrN2O4/c1-21(2,3)28-19(26)24-14-13-17-11-12-18(15-7-9-16(23)10-8-15)25(17)20(27)29-22(4,5)6/h7-10,17-18H,11-14H2,1-6H3,(H,24,26)/t17-,18-/m1/s1. The van der Waals surface area contributed by atoms with Crippen LogP contribution in [0.15, 0.2) is 28.7 Å². The van der Waals surface area contributed by atoms with Crippen molar-refractivity contribution in [3.05, 3.63) is 34.3 Å². The summed E-state index contributed by atoms with van der Waals surface area (Å²) in [6.45, 7) is 11.5. The second kappa shape index (κ2) is 9.37. The first-order chi connectivity index (χ1) is 13.4. The number of carbonyl (C=O) groups is 2. The molecular weight excluding hydrogens is 436 g/mol. The molecule has 1 aliphatic rings.